The largest absolute Gasteiger partial charge is 0.506 e. The predicted molar refractivity (Wildman–Crippen MR) is 77.1 cm³/mol. The van der Waals surface area contributed by atoms with Crippen molar-refractivity contribution in [2.24, 2.45) is 0 Å². The molecule has 0 aliphatic heterocycles. The van der Waals surface area contributed by atoms with Gasteiger partial charge in [-0.1, -0.05) is 5.16 Å². The maximum Gasteiger partial charge on any atom is 0.222 e. The van der Waals surface area contributed by atoms with Crippen molar-refractivity contribution >= 4 is 21.8 Å². The minimum atomic E-state index is 0.228. The number of halogens is 1. The molecule has 3 N–H and O–H groups in total. The minimum absolute atomic E-state index is 0.228. The summed E-state index contributed by atoms with van der Waals surface area (Å²) in [6.07, 6.45) is 4.40. The standard InChI is InChI=1S/C14H15BrN2O2/c1-7-8-4-2-3-5-9(8)13(15)14(18)12(7)10-6-11(16)19-17-10/h6,18H,2-5,16H2,1H3. The molecule has 0 amide bonds. The maximum absolute atomic E-state index is 10.4. The lowest BCUT2D eigenvalue weighted by molar-refractivity contribution is 0.436. The number of rotatable bonds is 1. The van der Waals surface area contributed by atoms with Crippen LogP contribution in [0.15, 0.2) is 15.1 Å². The van der Waals surface area contributed by atoms with Gasteiger partial charge in [0.2, 0.25) is 5.88 Å². The van der Waals surface area contributed by atoms with Crippen LogP contribution in [0.5, 0.6) is 5.75 Å². The lowest BCUT2D eigenvalue weighted by Crippen LogP contribution is -2.07. The first-order valence-corrected chi connectivity index (χ1v) is 7.14. The van der Waals surface area contributed by atoms with Crippen LogP contribution in [0.3, 0.4) is 0 Å². The molecule has 100 valence electrons. The summed E-state index contributed by atoms with van der Waals surface area (Å²) in [4.78, 5) is 0. The van der Waals surface area contributed by atoms with Gasteiger partial charge in [0, 0.05) is 11.6 Å². The van der Waals surface area contributed by atoms with Gasteiger partial charge in [-0.15, -0.1) is 0 Å². The van der Waals surface area contributed by atoms with Gasteiger partial charge >= 0.3 is 0 Å². The van der Waals surface area contributed by atoms with Gasteiger partial charge in [-0.2, -0.15) is 0 Å². The van der Waals surface area contributed by atoms with Crippen molar-refractivity contribution in [2.75, 3.05) is 5.73 Å². The first kappa shape index (κ1) is 12.5. The number of aromatic hydroxyl groups is 1. The van der Waals surface area contributed by atoms with Crippen LogP contribution in [0.1, 0.15) is 29.5 Å². The quantitative estimate of drug-likeness (QED) is 0.841. The first-order chi connectivity index (χ1) is 9.09. The lowest BCUT2D eigenvalue weighted by Gasteiger charge is -2.22. The molecule has 2 aromatic rings. The molecule has 1 aliphatic carbocycles. The summed E-state index contributed by atoms with van der Waals surface area (Å²) < 4.78 is 5.70. The van der Waals surface area contributed by atoms with E-state index in [1.54, 1.807) is 6.07 Å². The Balaban J connectivity index is 2.28. The van der Waals surface area contributed by atoms with Gasteiger partial charge in [0.05, 0.1) is 4.47 Å². The molecule has 19 heavy (non-hydrogen) atoms. The van der Waals surface area contributed by atoms with Crippen LogP contribution in [0, 0.1) is 6.92 Å². The van der Waals surface area contributed by atoms with Crippen molar-refractivity contribution in [3.63, 3.8) is 0 Å². The third-order valence-electron chi connectivity index (χ3n) is 3.79. The van der Waals surface area contributed by atoms with E-state index in [1.165, 1.54) is 24.0 Å². The number of hydrogen-bond donors (Lipinski definition) is 2. The molecule has 0 fully saturated rings. The lowest BCUT2D eigenvalue weighted by atomic mass is 9.85. The average Bonchev–Trinajstić information content (AvgIpc) is 2.83. The van der Waals surface area contributed by atoms with Crippen molar-refractivity contribution in [2.45, 2.75) is 32.6 Å². The molecule has 0 saturated heterocycles. The molecule has 0 radical (unpaired) electrons. The topological polar surface area (TPSA) is 72.3 Å². The zero-order valence-corrected chi connectivity index (χ0v) is 12.2. The summed E-state index contributed by atoms with van der Waals surface area (Å²) in [6.45, 7) is 2.02. The van der Waals surface area contributed by atoms with E-state index in [1.807, 2.05) is 6.92 Å². The minimum Gasteiger partial charge on any atom is -0.506 e. The molecule has 0 saturated carbocycles. The number of nitrogens with two attached hydrogens (primary N) is 1. The van der Waals surface area contributed by atoms with Crippen molar-refractivity contribution in [3.05, 3.63) is 27.2 Å². The number of fused-ring (bicyclic) bond motifs is 1. The maximum atomic E-state index is 10.4. The predicted octanol–water partition coefficient (Wildman–Crippen LogP) is 3.58. The summed E-state index contributed by atoms with van der Waals surface area (Å²) in [5.74, 6) is 0.481. The number of phenols is 1. The second-order valence-corrected chi connectivity index (χ2v) is 5.73. The van der Waals surface area contributed by atoms with Crippen molar-refractivity contribution in [1.82, 2.24) is 5.16 Å². The second kappa shape index (κ2) is 4.56. The first-order valence-electron chi connectivity index (χ1n) is 6.35. The van der Waals surface area contributed by atoms with Crippen molar-refractivity contribution < 1.29 is 9.63 Å². The molecule has 5 heteroatoms. The molecule has 3 rings (SSSR count). The second-order valence-electron chi connectivity index (χ2n) is 4.94. The monoisotopic (exact) mass is 322 g/mol. The highest BCUT2D eigenvalue weighted by Crippen LogP contribution is 2.44. The highest BCUT2D eigenvalue weighted by atomic mass is 79.9. The molecule has 1 aliphatic rings. The Morgan fingerprint density at radius 3 is 2.63 bits per heavy atom. The van der Waals surface area contributed by atoms with Crippen LogP contribution >= 0.6 is 15.9 Å². The van der Waals surface area contributed by atoms with Gasteiger partial charge in [-0.3, -0.25) is 0 Å². The van der Waals surface area contributed by atoms with Crippen LogP contribution in [0.4, 0.5) is 5.88 Å². The smallest absolute Gasteiger partial charge is 0.222 e. The van der Waals surface area contributed by atoms with Gasteiger partial charge < -0.3 is 15.4 Å². The van der Waals surface area contributed by atoms with Crippen molar-refractivity contribution in [1.29, 1.82) is 0 Å². The summed E-state index contributed by atoms with van der Waals surface area (Å²) in [6, 6.07) is 1.64. The fourth-order valence-electron chi connectivity index (χ4n) is 2.86. The number of anilines is 1. The normalized spacial score (nSPS) is 14.4. The molecule has 1 aromatic heterocycles. The van der Waals surface area contributed by atoms with E-state index in [-0.39, 0.29) is 11.6 Å². The van der Waals surface area contributed by atoms with E-state index in [4.69, 9.17) is 10.3 Å². The van der Waals surface area contributed by atoms with E-state index in [9.17, 15) is 5.11 Å². The zero-order chi connectivity index (χ0) is 13.6. The van der Waals surface area contributed by atoms with Crippen molar-refractivity contribution in [3.8, 4) is 17.0 Å². The van der Waals surface area contributed by atoms with E-state index < -0.39 is 0 Å². The van der Waals surface area contributed by atoms with E-state index in [0.717, 1.165) is 22.9 Å². The van der Waals surface area contributed by atoms with Gasteiger partial charge in [0.25, 0.3) is 0 Å². The third-order valence-corrected chi connectivity index (χ3v) is 4.64. The summed E-state index contributed by atoms with van der Waals surface area (Å²) in [7, 11) is 0. The average molecular weight is 323 g/mol. The number of phenolic OH excluding ortho intramolecular Hbond substituents is 1. The Labute approximate surface area is 119 Å². The Bertz CT molecular complexity index is 649. The molecule has 1 aromatic carbocycles. The number of hydrogen-bond acceptors (Lipinski definition) is 4. The molecular formula is C14H15BrN2O2. The van der Waals surface area contributed by atoms with Crippen LogP contribution in [0.2, 0.25) is 0 Å². The molecule has 0 atom stereocenters. The molecule has 0 spiro atoms. The van der Waals surface area contributed by atoms with Gasteiger partial charge in [-0.25, -0.2) is 0 Å². The van der Waals surface area contributed by atoms with Gasteiger partial charge in [0.15, 0.2) is 0 Å². The molecule has 4 nitrogen and oxygen atoms in total. The third kappa shape index (κ3) is 1.92. The number of benzene rings is 1. The Morgan fingerprint density at radius 1 is 1.32 bits per heavy atom. The van der Waals surface area contributed by atoms with E-state index in [2.05, 4.69) is 21.1 Å². The number of nitrogens with zero attached hydrogens (tertiary/aromatic N) is 1. The summed E-state index contributed by atoms with van der Waals surface area (Å²) in [5, 5.41) is 14.3. The van der Waals surface area contributed by atoms with Crippen LogP contribution in [-0.4, -0.2) is 10.3 Å². The highest BCUT2D eigenvalue weighted by molar-refractivity contribution is 9.10. The van der Waals surface area contributed by atoms with E-state index in [0.29, 0.717) is 11.3 Å². The SMILES string of the molecule is Cc1c2c(c(Br)c(O)c1-c1cc(N)on1)CCCC2. The van der Waals surface area contributed by atoms with Gasteiger partial charge in [-0.05, 0) is 65.2 Å². The Morgan fingerprint density at radius 2 is 2.00 bits per heavy atom. The summed E-state index contributed by atoms with van der Waals surface area (Å²) in [5.41, 5.74) is 10.5. The zero-order valence-electron chi connectivity index (χ0n) is 10.7. The Hall–Kier alpha value is -1.49. The number of aromatic nitrogens is 1. The van der Waals surface area contributed by atoms with Crippen LogP contribution in [0.25, 0.3) is 11.3 Å². The summed E-state index contributed by atoms with van der Waals surface area (Å²) >= 11 is 3.52. The van der Waals surface area contributed by atoms with Crippen LogP contribution < -0.4 is 5.73 Å². The van der Waals surface area contributed by atoms with Crippen LogP contribution in [-0.2, 0) is 12.8 Å². The fraction of sp³-hybridized carbons (Fsp3) is 0.357. The molecular weight excluding hydrogens is 308 g/mol. The molecule has 0 unspecified atom stereocenters. The Kier molecular flexibility index (Phi) is 3.01. The van der Waals surface area contributed by atoms with Gasteiger partial charge in [0.1, 0.15) is 11.4 Å². The fourth-order valence-corrected chi connectivity index (χ4v) is 3.50. The highest BCUT2D eigenvalue weighted by Gasteiger charge is 2.24. The number of nitrogen functional groups attached to an aromatic ring is 1. The van der Waals surface area contributed by atoms with E-state index >= 15 is 0 Å². The molecule has 1 heterocycles. The molecule has 0 bridgehead atoms.